The molecule has 3 rings (SSSR count). The molecule has 0 aromatic heterocycles. The number of anilines is 2. The molecule has 0 unspecified atom stereocenters. The highest BCUT2D eigenvalue weighted by molar-refractivity contribution is 6.03. The van der Waals surface area contributed by atoms with Crippen LogP contribution in [0, 0.1) is 0 Å². The van der Waals surface area contributed by atoms with Crippen molar-refractivity contribution < 1.29 is 22.8 Å². The van der Waals surface area contributed by atoms with Gasteiger partial charge in [-0.2, -0.15) is 13.2 Å². The second-order valence-corrected chi connectivity index (χ2v) is 5.17. The fourth-order valence-corrected chi connectivity index (χ4v) is 2.85. The molecule has 0 bridgehead atoms. The molecule has 118 valence electrons. The van der Waals surface area contributed by atoms with Gasteiger partial charge in [-0.1, -0.05) is 0 Å². The van der Waals surface area contributed by atoms with Crippen molar-refractivity contribution in [3.8, 4) is 0 Å². The lowest BCUT2D eigenvalue weighted by atomic mass is 10.1. The van der Waals surface area contributed by atoms with E-state index in [0.717, 1.165) is 12.1 Å². The van der Waals surface area contributed by atoms with Crippen molar-refractivity contribution in [3.63, 3.8) is 0 Å². The van der Waals surface area contributed by atoms with Crippen LogP contribution in [0.15, 0.2) is 18.2 Å². The van der Waals surface area contributed by atoms with Gasteiger partial charge in [-0.25, -0.2) is 0 Å². The van der Waals surface area contributed by atoms with Crippen LogP contribution in [0.1, 0.15) is 5.56 Å². The highest BCUT2D eigenvalue weighted by atomic mass is 19.4. The average Bonchev–Trinajstić information content (AvgIpc) is 2.72. The van der Waals surface area contributed by atoms with Gasteiger partial charge in [0.15, 0.2) is 0 Å². The zero-order valence-corrected chi connectivity index (χ0v) is 11.4. The van der Waals surface area contributed by atoms with Gasteiger partial charge in [0, 0.05) is 6.54 Å². The Hall–Kier alpha value is -2.29. The van der Waals surface area contributed by atoms with E-state index in [2.05, 4.69) is 5.32 Å². The Morgan fingerprint density at radius 2 is 2.09 bits per heavy atom. The van der Waals surface area contributed by atoms with E-state index in [4.69, 9.17) is 5.73 Å². The molecule has 2 aliphatic heterocycles. The van der Waals surface area contributed by atoms with Crippen LogP contribution in [0.5, 0.6) is 0 Å². The van der Waals surface area contributed by atoms with Crippen molar-refractivity contribution >= 4 is 23.2 Å². The molecule has 0 saturated carbocycles. The van der Waals surface area contributed by atoms with Gasteiger partial charge < -0.3 is 16.0 Å². The van der Waals surface area contributed by atoms with Crippen LogP contribution in [0.2, 0.25) is 0 Å². The van der Waals surface area contributed by atoms with Gasteiger partial charge >= 0.3 is 6.18 Å². The minimum Gasteiger partial charge on any atom is -0.368 e. The minimum absolute atomic E-state index is 0.0986. The minimum atomic E-state index is -4.50. The van der Waals surface area contributed by atoms with Crippen LogP contribution in [-0.2, 0) is 15.8 Å². The number of nitrogens with zero attached hydrogens (tertiary/aromatic N) is 2. The summed E-state index contributed by atoms with van der Waals surface area (Å²) in [4.78, 5) is 26.1. The molecule has 1 fully saturated rings. The molecule has 1 aromatic carbocycles. The largest absolute Gasteiger partial charge is 0.416 e. The summed E-state index contributed by atoms with van der Waals surface area (Å²) in [5.41, 5.74) is 4.91. The van der Waals surface area contributed by atoms with Crippen molar-refractivity contribution in [2.45, 2.75) is 12.3 Å². The topological polar surface area (TPSA) is 78.7 Å². The maximum atomic E-state index is 12.9. The van der Waals surface area contributed by atoms with E-state index < -0.39 is 23.8 Å². The Kier molecular flexibility index (Phi) is 3.24. The SMILES string of the molecule is NC(=O)CN1c2cc(C(F)(F)F)ccc2N2C(=O)CNC[C@H]12. The number of piperazine rings is 1. The molecule has 1 aromatic rings. The van der Waals surface area contributed by atoms with Gasteiger partial charge in [0.05, 0.1) is 30.0 Å². The number of amides is 2. The van der Waals surface area contributed by atoms with Crippen LogP contribution in [0.3, 0.4) is 0 Å². The standard InChI is InChI=1S/C13H13F3N4O2/c14-13(15,16)7-1-2-8-9(3-7)19(6-10(17)21)11-4-18-5-12(22)20(8)11/h1-3,11,18H,4-6H2,(H2,17,21)/t11-/m1/s1. The van der Waals surface area contributed by atoms with Crippen LogP contribution in [0.4, 0.5) is 24.5 Å². The summed E-state index contributed by atoms with van der Waals surface area (Å²) in [6.07, 6.45) is -5.05. The van der Waals surface area contributed by atoms with E-state index >= 15 is 0 Å². The molecule has 1 atom stereocenters. The molecule has 3 N–H and O–H groups in total. The van der Waals surface area contributed by atoms with Gasteiger partial charge in [0.1, 0.15) is 6.17 Å². The van der Waals surface area contributed by atoms with Gasteiger partial charge in [0.2, 0.25) is 11.8 Å². The summed E-state index contributed by atoms with van der Waals surface area (Å²) in [5.74, 6) is -0.938. The lowest BCUT2D eigenvalue weighted by Gasteiger charge is -2.34. The van der Waals surface area contributed by atoms with Gasteiger partial charge in [-0.15, -0.1) is 0 Å². The lowest BCUT2D eigenvalue weighted by Crippen LogP contribution is -2.59. The Morgan fingerprint density at radius 3 is 2.73 bits per heavy atom. The van der Waals surface area contributed by atoms with E-state index in [9.17, 15) is 22.8 Å². The Bertz CT molecular complexity index is 647. The van der Waals surface area contributed by atoms with E-state index in [1.54, 1.807) is 0 Å². The number of benzene rings is 1. The van der Waals surface area contributed by atoms with E-state index in [1.165, 1.54) is 15.9 Å². The maximum absolute atomic E-state index is 12.9. The Balaban J connectivity index is 2.10. The molecular formula is C13H13F3N4O2. The summed E-state index contributed by atoms with van der Waals surface area (Å²) in [7, 11) is 0. The molecule has 2 aliphatic rings. The van der Waals surface area contributed by atoms with Crippen molar-refractivity contribution in [2.24, 2.45) is 5.73 Å². The summed E-state index contributed by atoms with van der Waals surface area (Å²) in [5, 5.41) is 2.88. The third-order valence-electron chi connectivity index (χ3n) is 3.73. The number of fused-ring (bicyclic) bond motifs is 3. The highest BCUT2D eigenvalue weighted by Gasteiger charge is 2.43. The van der Waals surface area contributed by atoms with E-state index in [1.807, 2.05) is 0 Å². The third kappa shape index (κ3) is 2.27. The molecule has 6 nitrogen and oxygen atoms in total. The van der Waals surface area contributed by atoms with Crippen LogP contribution in [0.25, 0.3) is 0 Å². The first-order chi connectivity index (χ1) is 10.3. The quantitative estimate of drug-likeness (QED) is 0.821. The summed E-state index contributed by atoms with van der Waals surface area (Å²) >= 11 is 0. The molecule has 1 saturated heterocycles. The molecule has 0 aliphatic carbocycles. The third-order valence-corrected chi connectivity index (χ3v) is 3.73. The molecular weight excluding hydrogens is 301 g/mol. The van der Waals surface area contributed by atoms with Crippen molar-refractivity contribution in [2.75, 3.05) is 29.4 Å². The molecule has 0 spiro atoms. The van der Waals surface area contributed by atoms with Crippen molar-refractivity contribution in [1.29, 1.82) is 0 Å². The van der Waals surface area contributed by atoms with Gasteiger partial charge in [-0.05, 0) is 18.2 Å². The molecule has 2 heterocycles. The fourth-order valence-electron chi connectivity index (χ4n) is 2.85. The first-order valence-electron chi connectivity index (χ1n) is 6.58. The smallest absolute Gasteiger partial charge is 0.368 e. The Morgan fingerprint density at radius 1 is 1.36 bits per heavy atom. The first kappa shape index (κ1) is 14.6. The molecule has 0 radical (unpaired) electrons. The number of primary amides is 1. The van der Waals surface area contributed by atoms with E-state index in [0.29, 0.717) is 12.2 Å². The average molecular weight is 314 g/mol. The number of nitrogens with two attached hydrogens (primary N) is 1. The number of halogens is 3. The van der Waals surface area contributed by atoms with Crippen molar-refractivity contribution in [1.82, 2.24) is 5.32 Å². The maximum Gasteiger partial charge on any atom is 0.416 e. The number of rotatable bonds is 2. The zero-order chi connectivity index (χ0) is 16.1. The predicted molar refractivity (Wildman–Crippen MR) is 72.1 cm³/mol. The number of carbonyl (C=O) groups is 2. The van der Waals surface area contributed by atoms with Crippen LogP contribution >= 0.6 is 0 Å². The first-order valence-corrected chi connectivity index (χ1v) is 6.58. The summed E-state index contributed by atoms with van der Waals surface area (Å²) in [6, 6.07) is 3.14. The van der Waals surface area contributed by atoms with Gasteiger partial charge in [0.25, 0.3) is 0 Å². The fraction of sp³-hybridized carbons (Fsp3) is 0.385. The van der Waals surface area contributed by atoms with Crippen LogP contribution in [-0.4, -0.2) is 37.6 Å². The number of nitrogens with one attached hydrogen (secondary N) is 1. The molecule has 22 heavy (non-hydrogen) atoms. The normalized spacial score (nSPS) is 20.9. The number of hydrogen-bond acceptors (Lipinski definition) is 4. The second-order valence-electron chi connectivity index (χ2n) is 5.17. The van der Waals surface area contributed by atoms with Crippen LogP contribution < -0.4 is 20.9 Å². The molecule has 2 amide bonds. The Labute approximate surface area is 123 Å². The zero-order valence-electron chi connectivity index (χ0n) is 11.4. The molecule has 9 heteroatoms. The lowest BCUT2D eigenvalue weighted by molar-refractivity contribution is -0.137. The predicted octanol–water partition coefficient (Wildman–Crippen LogP) is 0.273. The number of alkyl halides is 3. The van der Waals surface area contributed by atoms with Crippen molar-refractivity contribution in [3.05, 3.63) is 23.8 Å². The number of carbonyl (C=O) groups excluding carboxylic acids is 2. The van der Waals surface area contributed by atoms with Gasteiger partial charge in [-0.3, -0.25) is 14.5 Å². The highest BCUT2D eigenvalue weighted by Crippen LogP contribution is 2.43. The number of hydrogen-bond donors (Lipinski definition) is 2. The monoisotopic (exact) mass is 314 g/mol. The summed E-state index contributed by atoms with van der Waals surface area (Å²) in [6.45, 7) is 0.181. The van der Waals surface area contributed by atoms with E-state index in [-0.39, 0.29) is 24.7 Å². The summed E-state index contributed by atoms with van der Waals surface area (Å²) < 4.78 is 38.7. The second kappa shape index (κ2) is 4.87.